The zero-order valence-corrected chi connectivity index (χ0v) is 11.5. The van der Waals surface area contributed by atoms with Crippen molar-refractivity contribution >= 4 is 5.57 Å². The van der Waals surface area contributed by atoms with Gasteiger partial charge >= 0.3 is 0 Å². The minimum Gasteiger partial charge on any atom is -0.497 e. The van der Waals surface area contributed by atoms with Gasteiger partial charge in [0.2, 0.25) is 0 Å². The van der Waals surface area contributed by atoms with E-state index in [0.29, 0.717) is 0 Å². The van der Waals surface area contributed by atoms with Gasteiger partial charge in [-0.05, 0) is 61.1 Å². The maximum absolute atomic E-state index is 5.35. The molecule has 2 nitrogen and oxygen atoms in total. The van der Waals surface area contributed by atoms with Crippen molar-refractivity contribution < 1.29 is 4.74 Å². The highest BCUT2D eigenvalue weighted by Gasteiger charge is 2.12. The molecule has 1 aromatic carbocycles. The van der Waals surface area contributed by atoms with Gasteiger partial charge in [0.05, 0.1) is 7.11 Å². The Balaban J connectivity index is 2.21. The molecule has 1 aromatic rings. The van der Waals surface area contributed by atoms with Crippen LogP contribution in [-0.4, -0.2) is 13.7 Å². The van der Waals surface area contributed by atoms with Gasteiger partial charge in [0.25, 0.3) is 0 Å². The van der Waals surface area contributed by atoms with Gasteiger partial charge in [-0.25, -0.2) is 0 Å². The highest BCUT2D eigenvalue weighted by atomic mass is 16.5. The summed E-state index contributed by atoms with van der Waals surface area (Å²) < 4.78 is 5.35. The average molecular weight is 245 g/mol. The van der Waals surface area contributed by atoms with Crippen molar-refractivity contribution in [2.24, 2.45) is 0 Å². The second-order valence-electron chi connectivity index (χ2n) is 4.82. The summed E-state index contributed by atoms with van der Waals surface area (Å²) in [6.45, 7) is 4.22. The molecule has 1 aliphatic rings. The van der Waals surface area contributed by atoms with Crippen LogP contribution in [0, 0.1) is 0 Å². The third kappa shape index (κ3) is 3.14. The molecule has 0 unspecified atom stereocenters. The van der Waals surface area contributed by atoms with Gasteiger partial charge in [-0.3, -0.25) is 0 Å². The lowest BCUT2D eigenvalue weighted by Gasteiger charge is -2.13. The molecule has 18 heavy (non-hydrogen) atoms. The van der Waals surface area contributed by atoms with Crippen LogP contribution in [0.1, 0.15) is 43.7 Å². The van der Waals surface area contributed by atoms with Crippen LogP contribution in [-0.2, 0) is 6.54 Å². The first-order chi connectivity index (χ1) is 8.85. The zero-order valence-electron chi connectivity index (χ0n) is 11.5. The predicted octanol–water partition coefficient (Wildman–Crippen LogP) is 3.76. The third-order valence-corrected chi connectivity index (χ3v) is 3.45. The predicted molar refractivity (Wildman–Crippen MR) is 76.8 cm³/mol. The Morgan fingerprint density at radius 2 is 2.22 bits per heavy atom. The minimum absolute atomic E-state index is 0.949. The van der Waals surface area contributed by atoms with Gasteiger partial charge in [-0.15, -0.1) is 0 Å². The van der Waals surface area contributed by atoms with Crippen molar-refractivity contribution in [2.45, 2.75) is 39.2 Å². The monoisotopic (exact) mass is 245 g/mol. The first kappa shape index (κ1) is 13.2. The van der Waals surface area contributed by atoms with E-state index in [1.165, 1.54) is 42.4 Å². The summed E-state index contributed by atoms with van der Waals surface area (Å²) in [5, 5.41) is 3.48. The molecular weight excluding hydrogens is 222 g/mol. The number of benzene rings is 1. The molecule has 0 atom stereocenters. The first-order valence-electron chi connectivity index (χ1n) is 6.92. The van der Waals surface area contributed by atoms with E-state index in [0.717, 1.165) is 18.8 Å². The Kier molecular flexibility index (Phi) is 4.82. The second kappa shape index (κ2) is 6.60. The van der Waals surface area contributed by atoms with E-state index in [9.17, 15) is 0 Å². The topological polar surface area (TPSA) is 21.3 Å². The molecule has 0 aromatic heterocycles. The van der Waals surface area contributed by atoms with E-state index < -0.39 is 0 Å². The first-order valence-corrected chi connectivity index (χ1v) is 6.92. The smallest absolute Gasteiger partial charge is 0.119 e. The summed E-state index contributed by atoms with van der Waals surface area (Å²) in [4.78, 5) is 0. The fourth-order valence-electron chi connectivity index (χ4n) is 2.45. The number of hydrogen-bond acceptors (Lipinski definition) is 2. The molecule has 0 aliphatic heterocycles. The highest BCUT2D eigenvalue weighted by Crippen LogP contribution is 2.32. The Labute approximate surface area is 110 Å². The number of methoxy groups -OCH3 is 1. The lowest BCUT2D eigenvalue weighted by Crippen LogP contribution is -2.15. The van der Waals surface area contributed by atoms with Crippen LogP contribution in [0.3, 0.4) is 0 Å². The number of rotatable bonds is 6. The molecule has 1 N–H and O–H groups in total. The van der Waals surface area contributed by atoms with Crippen LogP contribution >= 0.6 is 0 Å². The molecular formula is C16H23NO. The fraction of sp³-hybridized carbons (Fsp3) is 0.500. The van der Waals surface area contributed by atoms with E-state index in [-0.39, 0.29) is 0 Å². The lowest BCUT2D eigenvalue weighted by atomic mass is 9.98. The number of ether oxygens (including phenoxy) is 1. The Morgan fingerprint density at radius 3 is 2.89 bits per heavy atom. The Bertz CT molecular complexity index is 423. The van der Waals surface area contributed by atoms with Crippen LogP contribution in [0.15, 0.2) is 24.3 Å². The molecule has 2 rings (SSSR count). The fourth-order valence-corrected chi connectivity index (χ4v) is 2.45. The standard InChI is InChI=1S/C16H23NO/c1-3-10-17-12-14-8-9-15(18-2)11-16(14)13-6-4-5-7-13/h6,8-9,11,17H,3-5,7,10,12H2,1-2H3. The van der Waals surface area contributed by atoms with Crippen LogP contribution in [0.4, 0.5) is 0 Å². The number of nitrogens with one attached hydrogen (secondary N) is 1. The van der Waals surface area contributed by atoms with Gasteiger partial charge in [0.15, 0.2) is 0 Å². The van der Waals surface area contributed by atoms with E-state index in [4.69, 9.17) is 4.74 Å². The summed E-state index contributed by atoms with van der Waals surface area (Å²) in [5.74, 6) is 0.956. The van der Waals surface area contributed by atoms with Crippen LogP contribution < -0.4 is 10.1 Å². The van der Waals surface area contributed by atoms with Gasteiger partial charge in [0.1, 0.15) is 5.75 Å². The van der Waals surface area contributed by atoms with Crippen LogP contribution in [0.2, 0.25) is 0 Å². The van der Waals surface area contributed by atoms with Crippen LogP contribution in [0.25, 0.3) is 5.57 Å². The van der Waals surface area contributed by atoms with Crippen LogP contribution in [0.5, 0.6) is 5.75 Å². The number of allylic oxidation sites excluding steroid dienone is 2. The van der Waals surface area contributed by atoms with Crippen molar-refractivity contribution in [3.05, 3.63) is 35.4 Å². The SMILES string of the molecule is CCCNCc1ccc(OC)cc1C1=CCCC1. The largest absolute Gasteiger partial charge is 0.497 e. The van der Waals surface area contributed by atoms with E-state index in [2.05, 4.69) is 36.5 Å². The third-order valence-electron chi connectivity index (χ3n) is 3.45. The zero-order chi connectivity index (χ0) is 12.8. The molecule has 0 spiro atoms. The molecule has 0 heterocycles. The normalized spacial score (nSPS) is 14.7. The van der Waals surface area contributed by atoms with Gasteiger partial charge in [-0.1, -0.05) is 19.1 Å². The average Bonchev–Trinajstić information content (AvgIpc) is 2.93. The molecule has 2 heteroatoms. The quantitative estimate of drug-likeness (QED) is 0.770. The van der Waals surface area contributed by atoms with Crippen molar-refractivity contribution in [3.63, 3.8) is 0 Å². The molecule has 0 saturated carbocycles. The summed E-state index contributed by atoms with van der Waals surface area (Å²) in [6, 6.07) is 6.43. The molecule has 0 saturated heterocycles. The molecule has 0 radical (unpaired) electrons. The Hall–Kier alpha value is -1.28. The van der Waals surface area contributed by atoms with Crippen molar-refractivity contribution in [3.8, 4) is 5.75 Å². The Morgan fingerprint density at radius 1 is 1.33 bits per heavy atom. The van der Waals surface area contributed by atoms with E-state index in [1.54, 1.807) is 7.11 Å². The highest BCUT2D eigenvalue weighted by molar-refractivity contribution is 5.71. The lowest BCUT2D eigenvalue weighted by molar-refractivity contribution is 0.414. The molecule has 0 bridgehead atoms. The van der Waals surface area contributed by atoms with Gasteiger partial charge in [0, 0.05) is 6.54 Å². The van der Waals surface area contributed by atoms with Gasteiger partial charge < -0.3 is 10.1 Å². The number of hydrogen-bond donors (Lipinski definition) is 1. The molecule has 0 amide bonds. The molecule has 1 aliphatic carbocycles. The molecule has 0 fully saturated rings. The molecule has 98 valence electrons. The maximum Gasteiger partial charge on any atom is 0.119 e. The van der Waals surface area contributed by atoms with E-state index >= 15 is 0 Å². The maximum atomic E-state index is 5.35. The summed E-state index contributed by atoms with van der Waals surface area (Å²) in [6.07, 6.45) is 7.25. The van der Waals surface area contributed by atoms with Gasteiger partial charge in [-0.2, -0.15) is 0 Å². The van der Waals surface area contributed by atoms with E-state index in [1.807, 2.05) is 0 Å². The summed E-state index contributed by atoms with van der Waals surface area (Å²) >= 11 is 0. The summed E-state index contributed by atoms with van der Waals surface area (Å²) in [5.41, 5.74) is 4.25. The van der Waals surface area contributed by atoms with Crippen molar-refractivity contribution in [2.75, 3.05) is 13.7 Å². The minimum atomic E-state index is 0.949. The van der Waals surface area contributed by atoms with Crippen molar-refractivity contribution in [1.82, 2.24) is 5.32 Å². The summed E-state index contributed by atoms with van der Waals surface area (Å²) in [7, 11) is 1.73. The van der Waals surface area contributed by atoms with Crippen molar-refractivity contribution in [1.29, 1.82) is 0 Å². The second-order valence-corrected chi connectivity index (χ2v) is 4.82.